The van der Waals surface area contributed by atoms with Crippen LogP contribution in [0.4, 0.5) is 26.7 Å². The quantitative estimate of drug-likeness (QED) is 0.725. The lowest BCUT2D eigenvalue weighted by Crippen LogP contribution is -2.39. The summed E-state index contributed by atoms with van der Waals surface area (Å²) >= 11 is 0. The molecule has 1 fully saturated rings. The Morgan fingerprint density at radius 2 is 2.00 bits per heavy atom. The van der Waals surface area contributed by atoms with Gasteiger partial charge in [-0.3, -0.25) is 4.79 Å². The van der Waals surface area contributed by atoms with Gasteiger partial charge in [0.25, 0.3) is 6.43 Å². The Morgan fingerprint density at radius 1 is 1.30 bits per heavy atom. The molecule has 27 heavy (non-hydrogen) atoms. The van der Waals surface area contributed by atoms with Crippen LogP contribution in [0.3, 0.4) is 0 Å². The normalized spacial score (nSPS) is 20.0. The van der Waals surface area contributed by atoms with Crippen LogP contribution in [0, 0.1) is 11.8 Å². The van der Waals surface area contributed by atoms with Gasteiger partial charge in [0.15, 0.2) is 0 Å². The molecule has 0 radical (unpaired) electrons. The molecule has 2 rings (SSSR count). The van der Waals surface area contributed by atoms with Crippen molar-refractivity contribution in [2.75, 3.05) is 19.7 Å². The van der Waals surface area contributed by atoms with Crippen molar-refractivity contribution in [1.82, 2.24) is 10.2 Å². The number of aliphatic carboxylic acids is 1. The van der Waals surface area contributed by atoms with E-state index in [2.05, 4.69) is 5.32 Å². The van der Waals surface area contributed by atoms with Crippen LogP contribution in [0.25, 0.3) is 0 Å². The zero-order chi connectivity index (χ0) is 20.2. The smallest absolute Gasteiger partial charge is 0.394 e. The third kappa shape index (κ3) is 5.69. The Hall–Kier alpha value is -2.59. The van der Waals surface area contributed by atoms with Gasteiger partial charge in [-0.2, -0.15) is 13.2 Å². The minimum Gasteiger partial charge on any atom is -0.488 e. The molecule has 2 N–H and O–H groups in total. The molecule has 0 unspecified atom stereocenters. The first-order chi connectivity index (χ1) is 12.6. The number of nitrogens with zero attached hydrogens (tertiary/aromatic N) is 1. The van der Waals surface area contributed by atoms with Gasteiger partial charge in [0, 0.05) is 19.6 Å². The van der Waals surface area contributed by atoms with Crippen LogP contribution in [0.2, 0.25) is 0 Å². The van der Waals surface area contributed by atoms with E-state index < -0.39 is 56.1 Å². The Morgan fingerprint density at radius 3 is 2.56 bits per heavy atom. The molecule has 1 aliphatic heterocycles. The fourth-order valence-electron chi connectivity index (χ4n) is 2.75. The number of nitrogens with one attached hydrogen (secondary N) is 1. The largest absolute Gasteiger partial charge is 0.488 e. The number of carbonyl (C=O) groups excluding carboxylic acids is 1. The number of halogens is 5. The zero-order valence-corrected chi connectivity index (χ0v) is 13.9. The fourth-order valence-corrected chi connectivity index (χ4v) is 2.75. The highest BCUT2D eigenvalue weighted by molar-refractivity contribution is 5.77. The predicted molar refractivity (Wildman–Crippen MR) is 82.4 cm³/mol. The number of benzene rings is 1. The second-order valence-electron chi connectivity index (χ2n) is 6.01. The van der Waals surface area contributed by atoms with E-state index in [1.165, 1.54) is 18.2 Å². The summed E-state index contributed by atoms with van der Waals surface area (Å²) in [7, 11) is 0. The molecule has 1 aliphatic rings. The van der Waals surface area contributed by atoms with Crippen LogP contribution < -0.4 is 10.1 Å². The molecule has 1 aromatic rings. The molecule has 0 saturated carbocycles. The first-order valence-electron chi connectivity index (χ1n) is 7.90. The molecule has 1 heterocycles. The molecule has 0 spiro atoms. The number of carboxylic acid groups (broad SMARTS) is 1. The molecule has 1 aromatic carbocycles. The van der Waals surface area contributed by atoms with E-state index in [0.29, 0.717) is 5.56 Å². The van der Waals surface area contributed by atoms with Gasteiger partial charge in [0.1, 0.15) is 12.4 Å². The summed E-state index contributed by atoms with van der Waals surface area (Å²) in [5.41, 5.74) is 0.483. The minimum atomic E-state index is -4.73. The number of ether oxygens (including phenoxy) is 1. The van der Waals surface area contributed by atoms with Gasteiger partial charge in [-0.25, -0.2) is 13.6 Å². The van der Waals surface area contributed by atoms with Crippen LogP contribution in [0.5, 0.6) is 5.75 Å². The van der Waals surface area contributed by atoms with E-state index in [1.54, 1.807) is 6.07 Å². The van der Waals surface area contributed by atoms with E-state index >= 15 is 0 Å². The van der Waals surface area contributed by atoms with Crippen LogP contribution in [-0.2, 0) is 11.3 Å². The molecule has 11 heteroatoms. The zero-order valence-electron chi connectivity index (χ0n) is 13.9. The molecular formula is C16H17F5N2O4. The van der Waals surface area contributed by atoms with Gasteiger partial charge in [-0.1, -0.05) is 12.1 Å². The van der Waals surface area contributed by atoms with Crippen molar-refractivity contribution in [3.63, 3.8) is 0 Å². The van der Waals surface area contributed by atoms with Crippen molar-refractivity contribution < 1.29 is 41.4 Å². The fraction of sp³-hybridized carbons (Fsp3) is 0.500. The minimum absolute atomic E-state index is 0.0877. The Balaban J connectivity index is 1.94. The molecule has 2 amide bonds. The predicted octanol–water partition coefficient (Wildman–Crippen LogP) is 2.74. The van der Waals surface area contributed by atoms with Crippen molar-refractivity contribution in [3.05, 3.63) is 29.8 Å². The number of hydrogen-bond acceptors (Lipinski definition) is 3. The summed E-state index contributed by atoms with van der Waals surface area (Å²) < 4.78 is 68.0. The average molecular weight is 396 g/mol. The Labute approximate surface area is 150 Å². The summed E-state index contributed by atoms with van der Waals surface area (Å²) in [4.78, 5) is 23.9. The molecule has 6 nitrogen and oxygen atoms in total. The molecule has 150 valence electrons. The third-order valence-corrected chi connectivity index (χ3v) is 4.06. The van der Waals surface area contributed by atoms with Crippen LogP contribution in [0.15, 0.2) is 24.3 Å². The lowest BCUT2D eigenvalue weighted by atomic mass is 9.96. The van der Waals surface area contributed by atoms with Gasteiger partial charge in [0.05, 0.1) is 11.8 Å². The molecule has 0 bridgehead atoms. The summed E-state index contributed by atoms with van der Waals surface area (Å²) in [6, 6.07) is 5.09. The lowest BCUT2D eigenvalue weighted by molar-refractivity contribution is -0.187. The Kier molecular flexibility index (Phi) is 6.45. The van der Waals surface area contributed by atoms with E-state index in [0.717, 1.165) is 4.90 Å². The summed E-state index contributed by atoms with van der Waals surface area (Å²) in [6.07, 6.45) is -7.37. The number of hydrogen-bond donors (Lipinski definition) is 2. The highest BCUT2D eigenvalue weighted by Gasteiger charge is 2.53. The number of carboxylic acids is 1. The van der Waals surface area contributed by atoms with Crippen LogP contribution in [0.1, 0.15) is 5.56 Å². The van der Waals surface area contributed by atoms with Crippen molar-refractivity contribution >= 4 is 12.0 Å². The molecular weight excluding hydrogens is 379 g/mol. The second kappa shape index (κ2) is 8.40. The lowest BCUT2D eigenvalue weighted by Gasteiger charge is -2.19. The summed E-state index contributed by atoms with van der Waals surface area (Å²) in [6.45, 7) is -2.18. The van der Waals surface area contributed by atoms with Gasteiger partial charge in [-0.05, 0) is 17.7 Å². The number of urea groups is 1. The molecule has 0 aromatic heterocycles. The number of amides is 2. The number of alkyl halides is 5. The summed E-state index contributed by atoms with van der Waals surface area (Å²) in [5.74, 6) is -5.31. The van der Waals surface area contributed by atoms with Gasteiger partial charge >= 0.3 is 18.2 Å². The first kappa shape index (κ1) is 20.7. The maximum atomic E-state index is 12.9. The standard InChI is InChI=1S/C16H17F5N2O4/c17-13(18)8-27-10-3-1-2-9(4-10)5-22-15(26)23-6-11(14(24)25)12(7-23)16(19,20)21/h1-4,11-13H,5-8H2,(H,22,26)(H,24,25)/t11-,12-/m1/s1. The monoisotopic (exact) mass is 396 g/mol. The van der Waals surface area contributed by atoms with Crippen molar-refractivity contribution in [3.8, 4) is 5.75 Å². The van der Waals surface area contributed by atoms with Crippen LogP contribution in [-0.4, -0.2) is 54.3 Å². The average Bonchev–Trinajstić information content (AvgIpc) is 3.04. The highest BCUT2D eigenvalue weighted by Crippen LogP contribution is 2.37. The maximum absolute atomic E-state index is 12.9. The van der Waals surface area contributed by atoms with Crippen LogP contribution >= 0.6 is 0 Å². The highest BCUT2D eigenvalue weighted by atomic mass is 19.4. The van der Waals surface area contributed by atoms with E-state index in [9.17, 15) is 31.5 Å². The van der Waals surface area contributed by atoms with Crippen molar-refractivity contribution in [2.24, 2.45) is 11.8 Å². The van der Waals surface area contributed by atoms with Gasteiger partial charge in [-0.15, -0.1) is 0 Å². The number of likely N-dealkylation sites (tertiary alicyclic amines) is 1. The van der Waals surface area contributed by atoms with Crippen molar-refractivity contribution in [2.45, 2.75) is 19.1 Å². The van der Waals surface area contributed by atoms with Gasteiger partial charge in [0.2, 0.25) is 0 Å². The van der Waals surface area contributed by atoms with E-state index in [4.69, 9.17) is 9.84 Å². The van der Waals surface area contributed by atoms with E-state index in [1.807, 2.05) is 0 Å². The number of rotatable bonds is 6. The van der Waals surface area contributed by atoms with E-state index in [-0.39, 0.29) is 12.3 Å². The van der Waals surface area contributed by atoms with Crippen molar-refractivity contribution in [1.29, 1.82) is 0 Å². The first-order valence-corrected chi connectivity index (χ1v) is 7.90. The SMILES string of the molecule is O=C(O)[C@@H]1CN(C(=O)NCc2cccc(OCC(F)F)c2)C[C@H]1C(F)(F)F. The molecule has 0 aliphatic carbocycles. The molecule has 1 saturated heterocycles. The number of carbonyl (C=O) groups is 2. The summed E-state index contributed by atoms with van der Waals surface area (Å²) in [5, 5.41) is 11.3. The third-order valence-electron chi connectivity index (χ3n) is 4.06. The molecule has 2 atom stereocenters. The topological polar surface area (TPSA) is 78.9 Å². The van der Waals surface area contributed by atoms with Gasteiger partial charge < -0.3 is 20.1 Å². The Bertz CT molecular complexity index is 683. The maximum Gasteiger partial charge on any atom is 0.394 e. The second-order valence-corrected chi connectivity index (χ2v) is 6.01.